The number of nitrogens with zero attached hydrogens (tertiary/aromatic N) is 3. The molecule has 1 aromatic carbocycles. The molecule has 0 saturated carbocycles. The number of pyridine rings is 1. The van der Waals surface area contributed by atoms with Crippen molar-refractivity contribution in [3.63, 3.8) is 0 Å². The zero-order chi connectivity index (χ0) is 14.8. The Labute approximate surface area is 124 Å². The summed E-state index contributed by atoms with van der Waals surface area (Å²) < 4.78 is 1.87. The average Bonchev–Trinajstić information content (AvgIpc) is 2.97. The number of aromatic nitrogens is 3. The van der Waals surface area contributed by atoms with E-state index in [0.717, 1.165) is 28.2 Å². The molecule has 0 aliphatic carbocycles. The van der Waals surface area contributed by atoms with Crippen LogP contribution in [-0.4, -0.2) is 14.8 Å². The van der Waals surface area contributed by atoms with E-state index in [1.807, 2.05) is 61.1 Å². The molecular formula is C17H18N4. The van der Waals surface area contributed by atoms with E-state index < -0.39 is 0 Å². The van der Waals surface area contributed by atoms with Crippen molar-refractivity contribution >= 4 is 0 Å². The summed E-state index contributed by atoms with van der Waals surface area (Å²) in [5.41, 5.74) is 11.5. The quantitative estimate of drug-likeness (QED) is 0.801. The number of hydrogen-bond donors (Lipinski definition) is 1. The molecule has 0 aliphatic rings. The van der Waals surface area contributed by atoms with Crippen LogP contribution in [0.3, 0.4) is 0 Å². The second-order valence-corrected chi connectivity index (χ2v) is 5.20. The minimum absolute atomic E-state index is 0.298. The predicted octanol–water partition coefficient (Wildman–Crippen LogP) is 2.93. The van der Waals surface area contributed by atoms with Gasteiger partial charge < -0.3 is 5.73 Å². The number of para-hydroxylation sites is 1. The molecule has 3 aromatic rings. The van der Waals surface area contributed by atoms with Crippen LogP contribution in [0.25, 0.3) is 5.69 Å². The molecule has 2 aromatic heterocycles. The van der Waals surface area contributed by atoms with Crippen LogP contribution in [0.5, 0.6) is 0 Å². The van der Waals surface area contributed by atoms with Gasteiger partial charge in [-0.15, -0.1) is 0 Å². The Balaban J connectivity index is 2.03. The third-order valence-corrected chi connectivity index (χ3v) is 3.54. The van der Waals surface area contributed by atoms with Crippen molar-refractivity contribution < 1.29 is 0 Å². The minimum atomic E-state index is -0.298. The summed E-state index contributed by atoms with van der Waals surface area (Å²) in [5, 5.41) is 4.39. The fourth-order valence-electron chi connectivity index (χ4n) is 2.53. The number of benzene rings is 1. The largest absolute Gasteiger partial charge is 0.318 e. The first-order chi connectivity index (χ1) is 10.2. The van der Waals surface area contributed by atoms with E-state index in [1.165, 1.54) is 0 Å². The Bertz CT molecular complexity index is 746. The van der Waals surface area contributed by atoms with Gasteiger partial charge in [-0.1, -0.05) is 24.3 Å². The highest BCUT2D eigenvalue weighted by Gasteiger charge is 2.18. The number of aryl methyl sites for hydroxylation is 2. The van der Waals surface area contributed by atoms with Crippen molar-refractivity contribution in [1.82, 2.24) is 14.8 Å². The molecule has 2 N–H and O–H groups in total. The van der Waals surface area contributed by atoms with Gasteiger partial charge in [0.1, 0.15) is 0 Å². The highest BCUT2D eigenvalue weighted by atomic mass is 15.3. The van der Waals surface area contributed by atoms with Gasteiger partial charge in [0, 0.05) is 12.4 Å². The SMILES string of the molecule is Cc1cnc(C(N)c2ccnn2-c2ccccc2)c(C)c1. The minimum Gasteiger partial charge on any atom is -0.318 e. The Morgan fingerprint density at radius 3 is 2.57 bits per heavy atom. The lowest BCUT2D eigenvalue weighted by Gasteiger charge is -2.16. The van der Waals surface area contributed by atoms with Gasteiger partial charge in [0.15, 0.2) is 0 Å². The second-order valence-electron chi connectivity index (χ2n) is 5.20. The molecule has 1 unspecified atom stereocenters. The number of hydrogen-bond acceptors (Lipinski definition) is 3. The molecule has 0 fully saturated rings. The van der Waals surface area contributed by atoms with Crippen LogP contribution in [0, 0.1) is 13.8 Å². The van der Waals surface area contributed by atoms with Crippen LogP contribution in [0.1, 0.15) is 28.6 Å². The Kier molecular flexibility index (Phi) is 3.54. The lowest BCUT2D eigenvalue weighted by molar-refractivity contribution is 0.717. The molecule has 1 atom stereocenters. The summed E-state index contributed by atoms with van der Waals surface area (Å²) in [6.07, 6.45) is 3.62. The number of rotatable bonds is 3. The fourth-order valence-corrected chi connectivity index (χ4v) is 2.53. The second kappa shape index (κ2) is 5.50. The third kappa shape index (κ3) is 2.58. The Hall–Kier alpha value is -2.46. The lowest BCUT2D eigenvalue weighted by atomic mass is 10.0. The Morgan fingerprint density at radius 1 is 1.10 bits per heavy atom. The predicted molar refractivity (Wildman–Crippen MR) is 83.3 cm³/mol. The van der Waals surface area contributed by atoms with Gasteiger partial charge in [0.05, 0.1) is 23.1 Å². The molecule has 3 rings (SSSR count). The molecule has 0 saturated heterocycles. The highest BCUT2D eigenvalue weighted by molar-refractivity contribution is 5.36. The molecule has 21 heavy (non-hydrogen) atoms. The van der Waals surface area contributed by atoms with Crippen LogP contribution >= 0.6 is 0 Å². The normalized spacial score (nSPS) is 12.3. The fraction of sp³-hybridized carbons (Fsp3) is 0.176. The van der Waals surface area contributed by atoms with Crippen LogP contribution in [-0.2, 0) is 0 Å². The van der Waals surface area contributed by atoms with E-state index in [1.54, 1.807) is 6.20 Å². The highest BCUT2D eigenvalue weighted by Crippen LogP contribution is 2.23. The van der Waals surface area contributed by atoms with Gasteiger partial charge in [-0.05, 0) is 43.2 Å². The first-order valence-corrected chi connectivity index (χ1v) is 6.95. The molecule has 4 nitrogen and oxygen atoms in total. The van der Waals surface area contributed by atoms with Gasteiger partial charge in [0.2, 0.25) is 0 Å². The first kappa shape index (κ1) is 13.5. The van der Waals surface area contributed by atoms with Gasteiger partial charge in [-0.25, -0.2) is 4.68 Å². The lowest BCUT2D eigenvalue weighted by Crippen LogP contribution is -2.19. The molecule has 2 heterocycles. The van der Waals surface area contributed by atoms with E-state index >= 15 is 0 Å². The molecule has 0 spiro atoms. The Morgan fingerprint density at radius 2 is 1.86 bits per heavy atom. The molecule has 0 bridgehead atoms. The van der Waals surface area contributed by atoms with E-state index in [4.69, 9.17) is 5.73 Å². The molecular weight excluding hydrogens is 260 g/mol. The van der Waals surface area contributed by atoms with Crippen molar-refractivity contribution in [2.24, 2.45) is 5.73 Å². The summed E-state index contributed by atoms with van der Waals surface area (Å²) in [7, 11) is 0. The summed E-state index contributed by atoms with van der Waals surface area (Å²) in [4.78, 5) is 4.50. The average molecular weight is 278 g/mol. The topological polar surface area (TPSA) is 56.7 Å². The maximum atomic E-state index is 6.43. The van der Waals surface area contributed by atoms with Crippen molar-refractivity contribution in [1.29, 1.82) is 0 Å². The zero-order valence-corrected chi connectivity index (χ0v) is 12.2. The molecule has 106 valence electrons. The monoisotopic (exact) mass is 278 g/mol. The van der Waals surface area contributed by atoms with Gasteiger partial charge in [-0.2, -0.15) is 5.10 Å². The third-order valence-electron chi connectivity index (χ3n) is 3.54. The van der Waals surface area contributed by atoms with Crippen molar-refractivity contribution in [2.75, 3.05) is 0 Å². The maximum Gasteiger partial charge on any atom is 0.0904 e. The maximum absolute atomic E-state index is 6.43. The molecule has 4 heteroatoms. The van der Waals surface area contributed by atoms with Crippen molar-refractivity contribution in [3.05, 3.63) is 77.4 Å². The van der Waals surface area contributed by atoms with Gasteiger partial charge in [-0.3, -0.25) is 4.98 Å². The van der Waals surface area contributed by atoms with Crippen LogP contribution in [0.4, 0.5) is 0 Å². The van der Waals surface area contributed by atoms with E-state index in [0.29, 0.717) is 0 Å². The van der Waals surface area contributed by atoms with Crippen LogP contribution in [0.15, 0.2) is 54.9 Å². The summed E-state index contributed by atoms with van der Waals surface area (Å²) in [6.45, 7) is 4.07. The molecule has 0 radical (unpaired) electrons. The van der Waals surface area contributed by atoms with Crippen molar-refractivity contribution in [2.45, 2.75) is 19.9 Å². The summed E-state index contributed by atoms with van der Waals surface area (Å²) in [5.74, 6) is 0. The van der Waals surface area contributed by atoms with Gasteiger partial charge in [0.25, 0.3) is 0 Å². The molecule has 0 amide bonds. The van der Waals surface area contributed by atoms with Crippen LogP contribution < -0.4 is 5.73 Å². The first-order valence-electron chi connectivity index (χ1n) is 6.95. The number of nitrogens with two attached hydrogens (primary N) is 1. The smallest absolute Gasteiger partial charge is 0.0904 e. The standard InChI is InChI=1S/C17H18N4/c1-12-10-13(2)17(19-11-12)16(18)15-8-9-20-21(15)14-6-4-3-5-7-14/h3-11,16H,18H2,1-2H3. The van der Waals surface area contributed by atoms with E-state index in [9.17, 15) is 0 Å². The van der Waals surface area contributed by atoms with Crippen molar-refractivity contribution in [3.8, 4) is 5.69 Å². The van der Waals surface area contributed by atoms with Crippen LogP contribution in [0.2, 0.25) is 0 Å². The van der Waals surface area contributed by atoms with Gasteiger partial charge >= 0.3 is 0 Å². The van der Waals surface area contributed by atoms with E-state index in [-0.39, 0.29) is 6.04 Å². The molecule has 0 aliphatic heterocycles. The zero-order valence-electron chi connectivity index (χ0n) is 12.2. The summed E-state index contributed by atoms with van der Waals surface area (Å²) >= 11 is 0. The van der Waals surface area contributed by atoms with E-state index in [2.05, 4.69) is 16.1 Å². The summed E-state index contributed by atoms with van der Waals surface area (Å²) in [6, 6.07) is 13.7.